The SMILES string of the molecule is Cc1cc(C#N)cc(C(=O)c2c(C(C)C)c(=O)[nH]c(=O)n2Cc2cc(F)nc(NCCO)c2)c1. The number of rotatable bonds is 8. The number of H-pyrrole nitrogens is 1. The molecule has 2 aromatic heterocycles. The van der Waals surface area contributed by atoms with Crippen molar-refractivity contribution < 1.29 is 14.3 Å². The summed E-state index contributed by atoms with van der Waals surface area (Å²) in [6.45, 7) is 4.90. The first kappa shape index (κ1) is 24.5. The Labute approximate surface area is 194 Å². The zero-order valence-corrected chi connectivity index (χ0v) is 19.0. The number of halogens is 1. The lowest BCUT2D eigenvalue weighted by Gasteiger charge is -2.18. The second-order valence-corrected chi connectivity index (χ2v) is 8.12. The van der Waals surface area contributed by atoms with E-state index in [2.05, 4.69) is 15.3 Å². The first-order valence-electron chi connectivity index (χ1n) is 10.6. The Morgan fingerprint density at radius 2 is 2.00 bits per heavy atom. The summed E-state index contributed by atoms with van der Waals surface area (Å²) < 4.78 is 15.2. The molecule has 176 valence electrons. The van der Waals surface area contributed by atoms with Crippen molar-refractivity contribution >= 4 is 11.6 Å². The Morgan fingerprint density at radius 1 is 1.26 bits per heavy atom. The van der Waals surface area contributed by atoms with Gasteiger partial charge in [-0.15, -0.1) is 0 Å². The van der Waals surface area contributed by atoms with E-state index in [0.29, 0.717) is 11.1 Å². The topological polar surface area (TPSA) is 141 Å². The predicted molar refractivity (Wildman–Crippen MR) is 124 cm³/mol. The van der Waals surface area contributed by atoms with E-state index in [9.17, 15) is 24.0 Å². The fourth-order valence-electron chi connectivity index (χ4n) is 3.73. The number of aromatic amines is 1. The van der Waals surface area contributed by atoms with Crippen LogP contribution < -0.4 is 16.6 Å². The Balaban J connectivity index is 2.23. The minimum atomic E-state index is -0.826. The molecule has 10 heteroatoms. The number of ketones is 1. The smallest absolute Gasteiger partial charge is 0.329 e. The van der Waals surface area contributed by atoms with E-state index in [0.717, 1.165) is 10.6 Å². The molecule has 34 heavy (non-hydrogen) atoms. The van der Waals surface area contributed by atoms with Gasteiger partial charge in [-0.1, -0.05) is 13.8 Å². The van der Waals surface area contributed by atoms with Gasteiger partial charge in [0, 0.05) is 17.7 Å². The van der Waals surface area contributed by atoms with Gasteiger partial charge in [0.2, 0.25) is 11.7 Å². The van der Waals surface area contributed by atoms with Crippen LogP contribution in [0.25, 0.3) is 0 Å². The summed E-state index contributed by atoms with van der Waals surface area (Å²) >= 11 is 0. The lowest BCUT2D eigenvalue weighted by Crippen LogP contribution is -2.38. The number of nitrogens with one attached hydrogen (secondary N) is 2. The van der Waals surface area contributed by atoms with Gasteiger partial charge in [0.25, 0.3) is 5.56 Å². The number of carbonyl (C=O) groups excluding carboxylic acids is 1. The number of nitrogens with zero attached hydrogens (tertiary/aromatic N) is 3. The van der Waals surface area contributed by atoms with Gasteiger partial charge in [-0.3, -0.25) is 19.1 Å². The minimum Gasteiger partial charge on any atom is -0.395 e. The van der Waals surface area contributed by atoms with E-state index in [4.69, 9.17) is 5.11 Å². The zero-order valence-electron chi connectivity index (χ0n) is 19.0. The third-order valence-corrected chi connectivity index (χ3v) is 5.11. The maximum absolute atomic E-state index is 14.1. The fourth-order valence-corrected chi connectivity index (χ4v) is 3.73. The third kappa shape index (κ3) is 5.27. The highest BCUT2D eigenvalue weighted by Crippen LogP contribution is 2.21. The second-order valence-electron chi connectivity index (χ2n) is 8.12. The lowest BCUT2D eigenvalue weighted by atomic mass is 9.95. The van der Waals surface area contributed by atoms with Gasteiger partial charge >= 0.3 is 5.69 Å². The van der Waals surface area contributed by atoms with Gasteiger partial charge in [-0.05, 0) is 54.3 Å². The Bertz CT molecular complexity index is 1400. The second kappa shape index (κ2) is 10.2. The summed E-state index contributed by atoms with van der Waals surface area (Å²) in [7, 11) is 0. The van der Waals surface area contributed by atoms with Gasteiger partial charge in [0.1, 0.15) is 11.5 Å². The molecule has 0 saturated carbocycles. The van der Waals surface area contributed by atoms with Crippen LogP contribution in [0.2, 0.25) is 0 Å². The molecule has 2 heterocycles. The average molecular weight is 465 g/mol. The van der Waals surface area contributed by atoms with Crippen molar-refractivity contribution in [3.8, 4) is 6.07 Å². The van der Waals surface area contributed by atoms with Crippen LogP contribution in [0.15, 0.2) is 39.9 Å². The molecule has 0 amide bonds. The van der Waals surface area contributed by atoms with Crippen LogP contribution >= 0.6 is 0 Å². The molecule has 3 N–H and O–H groups in total. The molecule has 0 fully saturated rings. The molecule has 0 bridgehead atoms. The average Bonchev–Trinajstić information content (AvgIpc) is 2.77. The maximum atomic E-state index is 14.1. The van der Waals surface area contributed by atoms with E-state index in [1.54, 1.807) is 32.9 Å². The van der Waals surface area contributed by atoms with Crippen molar-refractivity contribution in [2.24, 2.45) is 0 Å². The molecule has 1 aromatic carbocycles. The normalized spacial score (nSPS) is 10.9. The number of hydrogen-bond donors (Lipinski definition) is 3. The number of aromatic nitrogens is 3. The van der Waals surface area contributed by atoms with Crippen LogP contribution in [0.4, 0.5) is 10.2 Å². The molecular weight excluding hydrogens is 441 g/mol. The number of nitriles is 1. The molecule has 0 aliphatic carbocycles. The minimum absolute atomic E-state index is 0.109. The molecule has 3 aromatic rings. The van der Waals surface area contributed by atoms with E-state index in [1.807, 2.05) is 6.07 Å². The molecule has 9 nitrogen and oxygen atoms in total. The summed E-state index contributed by atoms with van der Waals surface area (Å²) in [5.74, 6) is -1.67. The van der Waals surface area contributed by atoms with E-state index in [1.165, 1.54) is 12.1 Å². The van der Waals surface area contributed by atoms with Gasteiger partial charge in [0.05, 0.1) is 24.8 Å². The van der Waals surface area contributed by atoms with Crippen molar-refractivity contribution in [2.45, 2.75) is 33.2 Å². The third-order valence-electron chi connectivity index (χ3n) is 5.11. The highest BCUT2D eigenvalue weighted by atomic mass is 19.1. The zero-order chi connectivity index (χ0) is 25.0. The number of aryl methyl sites for hydroxylation is 1. The number of aliphatic hydroxyl groups excluding tert-OH is 1. The number of hydrogen-bond acceptors (Lipinski definition) is 7. The summed E-state index contributed by atoms with van der Waals surface area (Å²) in [5, 5.41) is 21.0. The van der Waals surface area contributed by atoms with Crippen molar-refractivity contribution in [1.82, 2.24) is 14.5 Å². The maximum Gasteiger partial charge on any atom is 0.329 e. The summed E-state index contributed by atoms with van der Waals surface area (Å²) in [5.41, 5.74) is -0.117. The summed E-state index contributed by atoms with van der Waals surface area (Å²) in [6.07, 6.45) is 0. The molecule has 0 unspecified atom stereocenters. The van der Waals surface area contributed by atoms with E-state index >= 15 is 0 Å². The molecule has 0 aliphatic rings. The predicted octanol–water partition coefficient (Wildman–Crippen LogP) is 2.06. The number of carbonyl (C=O) groups is 1. The molecule has 3 rings (SSSR count). The first-order chi connectivity index (χ1) is 16.1. The highest BCUT2D eigenvalue weighted by Gasteiger charge is 2.25. The molecule has 0 spiro atoms. The Kier molecular flexibility index (Phi) is 7.38. The first-order valence-corrected chi connectivity index (χ1v) is 10.6. The van der Waals surface area contributed by atoms with Crippen LogP contribution in [-0.4, -0.2) is 38.6 Å². The van der Waals surface area contributed by atoms with Gasteiger partial charge < -0.3 is 10.4 Å². The number of aliphatic hydroxyl groups is 1. The highest BCUT2D eigenvalue weighted by molar-refractivity contribution is 6.09. The van der Waals surface area contributed by atoms with E-state index in [-0.39, 0.29) is 47.9 Å². The molecule has 0 aliphatic heterocycles. The van der Waals surface area contributed by atoms with Gasteiger partial charge in [0.15, 0.2) is 0 Å². The largest absolute Gasteiger partial charge is 0.395 e. The molecular formula is C24H24FN5O4. The van der Waals surface area contributed by atoms with Crippen LogP contribution in [0.1, 0.15) is 58.1 Å². The van der Waals surface area contributed by atoms with Crippen LogP contribution in [0.3, 0.4) is 0 Å². The van der Waals surface area contributed by atoms with Gasteiger partial charge in [-0.2, -0.15) is 9.65 Å². The standard InChI is InChI=1S/C24H24FN5O4/c1-13(2)20-21(22(32)17-7-14(3)6-15(8-17)11-26)30(24(34)29-23(20)33)12-16-9-18(25)28-19(10-16)27-4-5-31/h6-10,13,31H,4-5,12H2,1-3H3,(H,27,28)(H,29,33,34). The molecule has 0 radical (unpaired) electrons. The monoisotopic (exact) mass is 465 g/mol. The van der Waals surface area contributed by atoms with Crippen molar-refractivity contribution in [2.75, 3.05) is 18.5 Å². The number of pyridine rings is 1. The molecule has 0 atom stereocenters. The van der Waals surface area contributed by atoms with Crippen molar-refractivity contribution in [3.63, 3.8) is 0 Å². The quantitative estimate of drug-likeness (QED) is 0.342. The van der Waals surface area contributed by atoms with Crippen LogP contribution in [0, 0.1) is 24.2 Å². The van der Waals surface area contributed by atoms with Crippen LogP contribution in [0.5, 0.6) is 0 Å². The number of benzene rings is 1. The van der Waals surface area contributed by atoms with E-state index < -0.39 is 28.9 Å². The molecule has 0 saturated heterocycles. The van der Waals surface area contributed by atoms with Crippen molar-refractivity contribution in [1.29, 1.82) is 5.26 Å². The van der Waals surface area contributed by atoms with Crippen LogP contribution in [-0.2, 0) is 6.54 Å². The Morgan fingerprint density at radius 3 is 2.65 bits per heavy atom. The Hall–Kier alpha value is -4.10. The van der Waals surface area contributed by atoms with Gasteiger partial charge in [-0.25, -0.2) is 9.78 Å². The lowest BCUT2D eigenvalue weighted by molar-refractivity contribution is 0.102. The summed E-state index contributed by atoms with van der Waals surface area (Å²) in [4.78, 5) is 45.1. The fraction of sp³-hybridized carbons (Fsp3) is 0.292. The number of anilines is 1. The van der Waals surface area contributed by atoms with Crippen molar-refractivity contribution in [3.05, 3.63) is 90.6 Å². The summed E-state index contributed by atoms with van der Waals surface area (Å²) in [6, 6.07) is 9.19.